The highest BCUT2D eigenvalue weighted by atomic mass is 32.2. The van der Waals surface area contributed by atoms with Crippen molar-refractivity contribution in [1.29, 1.82) is 0 Å². The fourth-order valence-electron chi connectivity index (χ4n) is 5.07. The van der Waals surface area contributed by atoms with E-state index in [1.54, 1.807) is 68.6 Å². The third-order valence-electron chi connectivity index (χ3n) is 7.40. The maximum atomic E-state index is 14.1. The summed E-state index contributed by atoms with van der Waals surface area (Å²) in [5.41, 5.74) is 1.06. The van der Waals surface area contributed by atoms with E-state index >= 15 is 0 Å². The first-order valence-corrected chi connectivity index (χ1v) is 15.7. The van der Waals surface area contributed by atoms with E-state index in [9.17, 15) is 18.0 Å². The summed E-state index contributed by atoms with van der Waals surface area (Å²) >= 11 is 0. The van der Waals surface area contributed by atoms with Gasteiger partial charge in [-0.1, -0.05) is 43.2 Å². The lowest BCUT2D eigenvalue weighted by atomic mass is 10.1. The number of hydrogen-bond donors (Lipinski definition) is 1. The lowest BCUT2D eigenvalue weighted by molar-refractivity contribution is -0.139. The second-order valence-corrected chi connectivity index (χ2v) is 12.2. The third-order valence-corrected chi connectivity index (χ3v) is 9.19. The van der Waals surface area contributed by atoms with Crippen molar-refractivity contribution >= 4 is 27.5 Å². The molecule has 0 aromatic heterocycles. The van der Waals surface area contributed by atoms with E-state index in [0.29, 0.717) is 23.8 Å². The highest BCUT2D eigenvalue weighted by Crippen LogP contribution is 2.27. The maximum absolute atomic E-state index is 14.1. The van der Waals surface area contributed by atoms with Crippen LogP contribution in [0.3, 0.4) is 0 Å². The highest BCUT2D eigenvalue weighted by Gasteiger charge is 2.33. The SMILES string of the molecule is CCOc1ccc(N(CC(=O)N(Cc2cccc(OC)c2)[C@H](C)C(=O)NC2CCCC2)S(=O)(=O)c2ccccc2)cc1. The molecule has 42 heavy (non-hydrogen) atoms. The molecule has 3 aromatic rings. The van der Waals surface area contributed by atoms with Gasteiger partial charge in [0.25, 0.3) is 10.0 Å². The van der Waals surface area contributed by atoms with E-state index in [-0.39, 0.29) is 23.4 Å². The number of hydrogen-bond acceptors (Lipinski definition) is 6. The van der Waals surface area contributed by atoms with Crippen LogP contribution in [0.15, 0.2) is 83.8 Å². The minimum Gasteiger partial charge on any atom is -0.497 e. The fourth-order valence-corrected chi connectivity index (χ4v) is 6.50. The van der Waals surface area contributed by atoms with E-state index in [4.69, 9.17) is 9.47 Å². The number of carbonyl (C=O) groups excluding carboxylic acids is 2. The topological polar surface area (TPSA) is 105 Å². The molecule has 3 aromatic carbocycles. The van der Waals surface area contributed by atoms with Crippen LogP contribution in [0.4, 0.5) is 5.69 Å². The molecule has 1 saturated carbocycles. The molecule has 1 aliphatic rings. The molecule has 1 atom stereocenters. The predicted molar refractivity (Wildman–Crippen MR) is 162 cm³/mol. The summed E-state index contributed by atoms with van der Waals surface area (Å²) in [6, 6.07) is 21.0. The maximum Gasteiger partial charge on any atom is 0.264 e. The van der Waals surface area contributed by atoms with Crippen LogP contribution in [0.25, 0.3) is 0 Å². The Balaban J connectivity index is 1.68. The number of carbonyl (C=O) groups is 2. The molecule has 224 valence electrons. The molecule has 0 unspecified atom stereocenters. The number of nitrogens with zero attached hydrogens (tertiary/aromatic N) is 2. The van der Waals surface area contributed by atoms with Crippen LogP contribution in [0.1, 0.15) is 45.1 Å². The molecule has 10 heteroatoms. The minimum atomic E-state index is -4.13. The molecular weight excluding hydrogens is 554 g/mol. The van der Waals surface area contributed by atoms with E-state index < -0.39 is 28.5 Å². The number of anilines is 1. The molecular formula is C32H39N3O6S. The molecule has 9 nitrogen and oxygen atoms in total. The molecule has 1 fully saturated rings. The largest absolute Gasteiger partial charge is 0.497 e. The lowest BCUT2D eigenvalue weighted by Crippen LogP contribution is -2.52. The minimum absolute atomic E-state index is 0.0538. The van der Waals surface area contributed by atoms with E-state index in [0.717, 1.165) is 35.6 Å². The lowest BCUT2D eigenvalue weighted by Gasteiger charge is -2.32. The zero-order chi connectivity index (χ0) is 30.1. The second-order valence-electron chi connectivity index (χ2n) is 10.3. The summed E-state index contributed by atoms with van der Waals surface area (Å²) in [5, 5.41) is 3.08. The number of nitrogens with one attached hydrogen (secondary N) is 1. The van der Waals surface area contributed by atoms with E-state index in [1.165, 1.54) is 17.0 Å². The van der Waals surface area contributed by atoms with Gasteiger partial charge in [-0.15, -0.1) is 0 Å². The molecule has 2 amide bonds. The predicted octanol–water partition coefficient (Wildman–Crippen LogP) is 4.77. The van der Waals surface area contributed by atoms with Gasteiger partial charge in [0.2, 0.25) is 11.8 Å². The normalized spacial score (nSPS) is 14.2. The summed E-state index contributed by atoms with van der Waals surface area (Å²) < 4.78 is 39.8. The summed E-state index contributed by atoms with van der Waals surface area (Å²) in [6.45, 7) is 3.59. The number of ether oxygens (including phenoxy) is 2. The van der Waals surface area contributed by atoms with Gasteiger partial charge in [-0.25, -0.2) is 8.42 Å². The Hall–Kier alpha value is -4.05. The van der Waals surface area contributed by atoms with Crippen LogP contribution in [-0.2, 0) is 26.2 Å². The second kappa shape index (κ2) is 14.2. The smallest absolute Gasteiger partial charge is 0.264 e. The van der Waals surface area contributed by atoms with Gasteiger partial charge in [0, 0.05) is 12.6 Å². The van der Waals surface area contributed by atoms with Crippen LogP contribution < -0.4 is 19.1 Å². The van der Waals surface area contributed by atoms with Crippen LogP contribution in [-0.4, -0.2) is 57.5 Å². The Labute approximate surface area is 248 Å². The molecule has 0 heterocycles. The van der Waals surface area contributed by atoms with Crippen molar-refractivity contribution in [2.24, 2.45) is 0 Å². The van der Waals surface area contributed by atoms with Gasteiger partial charge in [0.15, 0.2) is 0 Å². The Morgan fingerprint density at radius 3 is 2.29 bits per heavy atom. The number of methoxy groups -OCH3 is 1. The monoisotopic (exact) mass is 593 g/mol. The van der Waals surface area contributed by atoms with Crippen molar-refractivity contribution in [3.05, 3.63) is 84.4 Å². The van der Waals surface area contributed by atoms with Gasteiger partial charge in [-0.2, -0.15) is 0 Å². The van der Waals surface area contributed by atoms with Gasteiger partial charge in [-0.05, 0) is 80.8 Å². The van der Waals surface area contributed by atoms with Gasteiger partial charge in [0.1, 0.15) is 24.1 Å². The van der Waals surface area contributed by atoms with Gasteiger partial charge in [0.05, 0.1) is 24.3 Å². The average Bonchev–Trinajstić information content (AvgIpc) is 3.52. The third kappa shape index (κ3) is 7.61. The van der Waals surface area contributed by atoms with Gasteiger partial charge in [-0.3, -0.25) is 13.9 Å². The van der Waals surface area contributed by atoms with Crippen molar-refractivity contribution in [3.63, 3.8) is 0 Å². The summed E-state index contributed by atoms with van der Waals surface area (Å²) in [7, 11) is -2.57. The van der Waals surface area contributed by atoms with Gasteiger partial charge < -0.3 is 19.7 Å². The molecule has 1 aliphatic carbocycles. The Morgan fingerprint density at radius 2 is 1.64 bits per heavy atom. The van der Waals surface area contributed by atoms with Crippen LogP contribution in [0.2, 0.25) is 0 Å². The molecule has 0 aliphatic heterocycles. The molecule has 0 bridgehead atoms. The van der Waals surface area contributed by atoms with Crippen molar-refractivity contribution < 1.29 is 27.5 Å². The molecule has 0 saturated heterocycles. The van der Waals surface area contributed by atoms with Gasteiger partial charge >= 0.3 is 0 Å². The molecule has 4 rings (SSSR count). The van der Waals surface area contributed by atoms with Crippen LogP contribution >= 0.6 is 0 Å². The first kappa shape index (κ1) is 30.9. The first-order valence-electron chi connectivity index (χ1n) is 14.3. The zero-order valence-corrected chi connectivity index (χ0v) is 25.2. The molecule has 0 spiro atoms. The van der Waals surface area contributed by atoms with Crippen LogP contribution in [0.5, 0.6) is 11.5 Å². The summed E-state index contributed by atoms with van der Waals surface area (Å²) in [5.74, 6) is 0.420. The first-order chi connectivity index (χ1) is 20.2. The average molecular weight is 594 g/mol. The van der Waals surface area contributed by atoms with E-state index in [1.807, 2.05) is 19.1 Å². The standard InChI is InChI=1S/C32H39N3O6S/c1-4-41-28-19-17-27(18-20-28)35(42(38,39)30-15-6-5-7-16-30)23-31(36)34(22-25-11-10-14-29(21-25)40-3)24(2)32(37)33-26-12-8-9-13-26/h5-7,10-11,14-21,24,26H,4,8-9,12-13,22-23H2,1-3H3,(H,33,37)/t24-/m1/s1. The fraction of sp³-hybridized carbons (Fsp3) is 0.375. The number of benzene rings is 3. The van der Waals surface area contributed by atoms with Crippen molar-refractivity contribution in [3.8, 4) is 11.5 Å². The quantitative estimate of drug-likeness (QED) is 0.306. The van der Waals surface area contributed by atoms with Crippen molar-refractivity contribution in [2.75, 3.05) is 24.6 Å². The highest BCUT2D eigenvalue weighted by molar-refractivity contribution is 7.92. The molecule has 1 N–H and O–H groups in total. The zero-order valence-electron chi connectivity index (χ0n) is 24.4. The Bertz CT molecular complexity index is 1440. The molecule has 0 radical (unpaired) electrons. The summed E-state index contributed by atoms with van der Waals surface area (Å²) in [6.07, 6.45) is 3.92. The number of sulfonamides is 1. The van der Waals surface area contributed by atoms with E-state index in [2.05, 4.69) is 5.32 Å². The Kier molecular flexibility index (Phi) is 10.5. The van der Waals surface area contributed by atoms with Crippen LogP contribution in [0, 0.1) is 0 Å². The summed E-state index contributed by atoms with van der Waals surface area (Å²) in [4.78, 5) is 28.9. The number of amides is 2. The Morgan fingerprint density at radius 1 is 0.952 bits per heavy atom. The number of rotatable bonds is 13. The van der Waals surface area contributed by atoms with Crippen molar-refractivity contribution in [1.82, 2.24) is 10.2 Å². The van der Waals surface area contributed by atoms with Crippen molar-refractivity contribution in [2.45, 2.75) is 63.1 Å².